The first-order valence-corrected chi connectivity index (χ1v) is 12.3. The minimum Gasteiger partial charge on any atom is -0.494 e. The lowest BCUT2D eigenvalue weighted by Crippen LogP contribution is -2.36. The monoisotopic (exact) mass is 518 g/mol. The Bertz CT molecular complexity index is 1140. The normalized spacial score (nSPS) is 15.3. The molecular formula is C25H27ClN2O6S. The molecule has 186 valence electrons. The molecule has 1 aliphatic heterocycles. The van der Waals surface area contributed by atoms with E-state index in [1.807, 2.05) is 20.8 Å². The minimum absolute atomic E-state index is 0.0579. The first-order valence-electron chi connectivity index (χ1n) is 11.1. The number of carbonyl (C=O) groups excluding carboxylic acids is 3. The second kappa shape index (κ2) is 12.0. The maximum absolute atomic E-state index is 12.8. The molecule has 0 aromatic heterocycles. The average Bonchev–Trinajstić information content (AvgIpc) is 3.09. The predicted octanol–water partition coefficient (Wildman–Crippen LogP) is 5.60. The largest absolute Gasteiger partial charge is 0.494 e. The summed E-state index contributed by atoms with van der Waals surface area (Å²) in [5, 5.41) is 2.47. The van der Waals surface area contributed by atoms with Gasteiger partial charge >= 0.3 is 0 Å². The van der Waals surface area contributed by atoms with Crippen molar-refractivity contribution in [2.75, 3.05) is 25.6 Å². The highest BCUT2D eigenvalue weighted by Gasteiger charge is 2.36. The van der Waals surface area contributed by atoms with Gasteiger partial charge in [0.2, 0.25) is 5.91 Å². The number of halogens is 1. The first-order chi connectivity index (χ1) is 16.7. The predicted molar refractivity (Wildman–Crippen MR) is 137 cm³/mol. The number of amides is 3. The molecule has 0 radical (unpaired) electrons. The Balaban J connectivity index is 1.71. The Hall–Kier alpha value is -3.17. The van der Waals surface area contributed by atoms with Crippen LogP contribution in [0.4, 0.5) is 10.5 Å². The van der Waals surface area contributed by atoms with Crippen LogP contribution in [-0.2, 0) is 9.59 Å². The van der Waals surface area contributed by atoms with Crippen molar-refractivity contribution < 1.29 is 28.6 Å². The number of nitrogens with one attached hydrogen (secondary N) is 1. The van der Waals surface area contributed by atoms with Gasteiger partial charge in [-0.2, -0.15) is 0 Å². The molecule has 2 aromatic rings. The lowest BCUT2D eigenvalue weighted by atomic mass is 10.1. The smallest absolute Gasteiger partial charge is 0.294 e. The molecule has 1 atom stereocenters. The topological polar surface area (TPSA) is 94.2 Å². The van der Waals surface area contributed by atoms with Gasteiger partial charge in [-0.05, 0) is 80.1 Å². The van der Waals surface area contributed by atoms with Gasteiger partial charge in [-0.15, -0.1) is 0 Å². The van der Waals surface area contributed by atoms with Gasteiger partial charge < -0.3 is 19.5 Å². The van der Waals surface area contributed by atoms with Crippen molar-refractivity contribution in [1.29, 1.82) is 0 Å². The Morgan fingerprint density at radius 3 is 2.54 bits per heavy atom. The molecule has 0 unspecified atom stereocenters. The standard InChI is InChI=1S/C25H27ClN2O6S/c1-5-15(3)34-23-19(26)11-16(12-20(23)32-4)13-21-24(30)28(25(31)35-21)14-22(29)27-17-7-9-18(10-8-17)33-6-2/h7-13,15H,5-6,14H2,1-4H3,(H,27,29)/b21-13+/t15-/m1/s1. The zero-order valence-electron chi connectivity index (χ0n) is 19.9. The third-order valence-corrected chi connectivity index (χ3v) is 6.26. The fourth-order valence-electron chi connectivity index (χ4n) is 3.15. The van der Waals surface area contributed by atoms with E-state index in [2.05, 4.69) is 5.32 Å². The third kappa shape index (κ3) is 6.70. The van der Waals surface area contributed by atoms with E-state index in [0.717, 1.165) is 23.1 Å². The van der Waals surface area contributed by atoms with Crippen LogP contribution in [0, 0.1) is 0 Å². The van der Waals surface area contributed by atoms with Gasteiger partial charge in [0.05, 0.1) is 29.7 Å². The number of nitrogens with zero attached hydrogens (tertiary/aromatic N) is 1. The van der Waals surface area contributed by atoms with E-state index in [1.54, 1.807) is 36.4 Å². The van der Waals surface area contributed by atoms with Crippen molar-refractivity contribution >= 4 is 52.2 Å². The number of anilines is 1. The number of benzene rings is 2. The van der Waals surface area contributed by atoms with Crippen LogP contribution in [0.15, 0.2) is 41.3 Å². The number of rotatable bonds is 10. The Morgan fingerprint density at radius 1 is 1.20 bits per heavy atom. The Kier molecular flexibility index (Phi) is 9.06. The van der Waals surface area contributed by atoms with Crippen molar-refractivity contribution in [2.45, 2.75) is 33.3 Å². The maximum atomic E-state index is 12.8. The van der Waals surface area contributed by atoms with Crippen molar-refractivity contribution in [3.8, 4) is 17.2 Å². The van der Waals surface area contributed by atoms with Crippen molar-refractivity contribution in [1.82, 2.24) is 4.90 Å². The summed E-state index contributed by atoms with van der Waals surface area (Å²) in [7, 11) is 1.50. The van der Waals surface area contributed by atoms with Crippen LogP contribution in [0.2, 0.25) is 5.02 Å². The van der Waals surface area contributed by atoms with E-state index in [4.69, 9.17) is 25.8 Å². The summed E-state index contributed by atoms with van der Waals surface area (Å²) >= 11 is 7.16. The zero-order chi connectivity index (χ0) is 25.5. The van der Waals surface area contributed by atoms with Gasteiger partial charge in [-0.25, -0.2) is 0 Å². The van der Waals surface area contributed by atoms with E-state index in [9.17, 15) is 14.4 Å². The fourth-order valence-corrected chi connectivity index (χ4v) is 4.26. The quantitative estimate of drug-likeness (QED) is 0.409. The highest BCUT2D eigenvalue weighted by molar-refractivity contribution is 8.18. The summed E-state index contributed by atoms with van der Waals surface area (Å²) in [6.07, 6.45) is 2.27. The minimum atomic E-state index is -0.558. The molecule has 1 saturated heterocycles. The molecule has 2 aromatic carbocycles. The molecule has 0 spiro atoms. The van der Waals surface area contributed by atoms with Gasteiger partial charge in [0.25, 0.3) is 11.1 Å². The second-order valence-corrected chi connectivity index (χ2v) is 9.04. The number of carbonyl (C=O) groups is 3. The molecule has 0 aliphatic carbocycles. The molecule has 1 fully saturated rings. The van der Waals surface area contributed by atoms with Gasteiger partial charge in [0.1, 0.15) is 12.3 Å². The summed E-state index contributed by atoms with van der Waals surface area (Å²) in [5.74, 6) is 0.460. The molecule has 10 heteroatoms. The summed E-state index contributed by atoms with van der Waals surface area (Å²) in [5.41, 5.74) is 1.09. The van der Waals surface area contributed by atoms with Crippen LogP contribution in [0.5, 0.6) is 17.2 Å². The number of hydrogen-bond donors (Lipinski definition) is 1. The molecule has 0 saturated carbocycles. The van der Waals surface area contributed by atoms with Crippen LogP contribution in [0.1, 0.15) is 32.8 Å². The van der Waals surface area contributed by atoms with Gasteiger partial charge in [0.15, 0.2) is 11.5 Å². The van der Waals surface area contributed by atoms with Crippen LogP contribution < -0.4 is 19.5 Å². The molecule has 8 nitrogen and oxygen atoms in total. The lowest BCUT2D eigenvalue weighted by molar-refractivity contribution is -0.127. The molecule has 1 N–H and O–H groups in total. The van der Waals surface area contributed by atoms with E-state index in [0.29, 0.717) is 40.1 Å². The van der Waals surface area contributed by atoms with E-state index < -0.39 is 23.6 Å². The summed E-state index contributed by atoms with van der Waals surface area (Å²) in [6, 6.07) is 10.1. The van der Waals surface area contributed by atoms with Crippen LogP contribution in [-0.4, -0.2) is 48.3 Å². The number of thioether (sulfide) groups is 1. The fraction of sp³-hybridized carbons (Fsp3) is 0.320. The van der Waals surface area contributed by atoms with Gasteiger partial charge in [-0.3, -0.25) is 19.3 Å². The van der Waals surface area contributed by atoms with Crippen molar-refractivity contribution in [3.63, 3.8) is 0 Å². The molecule has 3 rings (SSSR count). The first kappa shape index (κ1) is 26.4. The number of imide groups is 1. The maximum Gasteiger partial charge on any atom is 0.294 e. The number of ether oxygens (including phenoxy) is 3. The number of hydrogen-bond acceptors (Lipinski definition) is 7. The van der Waals surface area contributed by atoms with Crippen LogP contribution in [0.25, 0.3) is 6.08 Å². The average molecular weight is 519 g/mol. The van der Waals surface area contributed by atoms with Gasteiger partial charge in [0, 0.05) is 5.69 Å². The third-order valence-electron chi connectivity index (χ3n) is 5.07. The summed E-state index contributed by atoms with van der Waals surface area (Å²) in [6.45, 7) is 5.93. The molecule has 1 heterocycles. The zero-order valence-corrected chi connectivity index (χ0v) is 21.5. The van der Waals surface area contributed by atoms with E-state index in [-0.39, 0.29) is 11.0 Å². The molecule has 35 heavy (non-hydrogen) atoms. The molecule has 0 bridgehead atoms. The van der Waals surface area contributed by atoms with Gasteiger partial charge in [-0.1, -0.05) is 18.5 Å². The highest BCUT2D eigenvalue weighted by Crippen LogP contribution is 2.39. The highest BCUT2D eigenvalue weighted by atomic mass is 35.5. The molecule has 1 aliphatic rings. The SMILES string of the molecule is CCOc1ccc(NC(=O)CN2C(=O)S/C(=C/c3cc(Cl)c(O[C@H](C)CC)c(OC)c3)C2=O)cc1. The van der Waals surface area contributed by atoms with Crippen LogP contribution in [0.3, 0.4) is 0 Å². The van der Waals surface area contributed by atoms with Crippen LogP contribution >= 0.6 is 23.4 Å². The van der Waals surface area contributed by atoms with E-state index in [1.165, 1.54) is 13.2 Å². The second-order valence-electron chi connectivity index (χ2n) is 7.64. The number of methoxy groups -OCH3 is 1. The Labute approximate surface area is 213 Å². The van der Waals surface area contributed by atoms with Crippen molar-refractivity contribution in [3.05, 3.63) is 51.9 Å². The summed E-state index contributed by atoms with van der Waals surface area (Å²) in [4.78, 5) is 38.8. The van der Waals surface area contributed by atoms with E-state index >= 15 is 0 Å². The summed E-state index contributed by atoms with van der Waals surface area (Å²) < 4.78 is 16.6. The Morgan fingerprint density at radius 2 is 1.91 bits per heavy atom. The molecular weight excluding hydrogens is 492 g/mol. The van der Waals surface area contributed by atoms with Crippen molar-refractivity contribution in [2.24, 2.45) is 0 Å². The lowest BCUT2D eigenvalue weighted by Gasteiger charge is -2.17. The molecule has 3 amide bonds.